The third-order valence-corrected chi connectivity index (χ3v) is 6.27. The number of nitrogens with one attached hydrogen (secondary N) is 1. The maximum absolute atomic E-state index is 3.89. The molecule has 2 bridgehead atoms. The lowest BCUT2D eigenvalue weighted by atomic mass is 9.90. The van der Waals surface area contributed by atoms with Gasteiger partial charge in [-0.05, 0) is 74.2 Å². The highest BCUT2D eigenvalue weighted by Crippen LogP contribution is 2.70. The van der Waals surface area contributed by atoms with E-state index in [9.17, 15) is 0 Å². The van der Waals surface area contributed by atoms with Gasteiger partial charge in [-0.15, -0.1) is 0 Å². The van der Waals surface area contributed by atoms with E-state index in [1.54, 1.807) is 19.3 Å². The predicted octanol–water partition coefficient (Wildman–Crippen LogP) is 4.08. The smallest absolute Gasteiger partial charge is 0.0104 e. The largest absolute Gasteiger partial charge is 0.314 e. The average Bonchev–Trinajstić information content (AvgIpc) is 2.81. The number of hydrogen-bond acceptors (Lipinski definition) is 1. The highest BCUT2D eigenvalue weighted by molar-refractivity contribution is 5.15. The van der Waals surface area contributed by atoms with E-state index < -0.39 is 0 Å². The molecule has 104 valence electrons. The first kappa shape index (κ1) is 13.0. The molecule has 0 aromatic rings. The number of fused-ring (bicyclic) bond motifs is 5. The van der Waals surface area contributed by atoms with Gasteiger partial charge in [-0.1, -0.05) is 27.2 Å². The monoisotopic (exact) mass is 249 g/mol. The standard InChI is InChI=1S/C17H31N/c1-4-8-18-14(9-11(3)5-2)17-15-12-6-7-13(10-12)16(15)17/h11-18H,4-10H2,1-3H3. The number of rotatable bonds is 7. The summed E-state index contributed by atoms with van der Waals surface area (Å²) in [7, 11) is 0. The Morgan fingerprint density at radius 2 is 1.78 bits per heavy atom. The molecule has 3 saturated carbocycles. The van der Waals surface area contributed by atoms with Gasteiger partial charge in [0.05, 0.1) is 0 Å². The van der Waals surface area contributed by atoms with Gasteiger partial charge >= 0.3 is 0 Å². The molecule has 0 aliphatic heterocycles. The van der Waals surface area contributed by atoms with Gasteiger partial charge in [0.25, 0.3) is 0 Å². The topological polar surface area (TPSA) is 12.0 Å². The van der Waals surface area contributed by atoms with E-state index in [2.05, 4.69) is 26.1 Å². The van der Waals surface area contributed by atoms with Gasteiger partial charge in [0.2, 0.25) is 0 Å². The number of hydrogen-bond donors (Lipinski definition) is 1. The summed E-state index contributed by atoms with van der Waals surface area (Å²) in [6.45, 7) is 8.31. The van der Waals surface area contributed by atoms with Crippen LogP contribution in [0.2, 0.25) is 0 Å². The summed E-state index contributed by atoms with van der Waals surface area (Å²) in [6.07, 6.45) is 8.77. The maximum Gasteiger partial charge on any atom is 0.0104 e. The zero-order valence-corrected chi connectivity index (χ0v) is 12.5. The summed E-state index contributed by atoms with van der Waals surface area (Å²) < 4.78 is 0. The SMILES string of the molecule is CCCNC(CC(C)CC)C1C2C3CCC(C3)C21. The Balaban J connectivity index is 1.60. The van der Waals surface area contributed by atoms with Crippen molar-refractivity contribution in [3.63, 3.8) is 0 Å². The van der Waals surface area contributed by atoms with Crippen molar-refractivity contribution in [3.8, 4) is 0 Å². The third-order valence-electron chi connectivity index (χ3n) is 6.27. The minimum absolute atomic E-state index is 0.846. The fourth-order valence-electron chi connectivity index (χ4n) is 5.24. The summed E-state index contributed by atoms with van der Waals surface area (Å²) in [6, 6.07) is 0.846. The molecular weight excluding hydrogens is 218 g/mol. The molecule has 0 heterocycles. The van der Waals surface area contributed by atoms with Crippen molar-refractivity contribution in [3.05, 3.63) is 0 Å². The Kier molecular flexibility index (Phi) is 3.71. The zero-order chi connectivity index (χ0) is 12.7. The van der Waals surface area contributed by atoms with E-state index >= 15 is 0 Å². The second-order valence-corrected chi connectivity index (χ2v) is 7.38. The lowest BCUT2D eigenvalue weighted by Crippen LogP contribution is -2.35. The van der Waals surface area contributed by atoms with Crippen LogP contribution in [0.4, 0.5) is 0 Å². The van der Waals surface area contributed by atoms with Crippen molar-refractivity contribution < 1.29 is 0 Å². The van der Waals surface area contributed by atoms with E-state index in [4.69, 9.17) is 0 Å². The molecule has 18 heavy (non-hydrogen) atoms. The molecule has 6 unspecified atom stereocenters. The van der Waals surface area contributed by atoms with Crippen molar-refractivity contribution in [1.82, 2.24) is 5.32 Å². The Labute approximate surface area is 113 Å². The van der Waals surface area contributed by atoms with E-state index in [1.165, 1.54) is 25.8 Å². The first-order valence-corrected chi connectivity index (χ1v) is 8.49. The fourth-order valence-corrected chi connectivity index (χ4v) is 5.24. The minimum Gasteiger partial charge on any atom is -0.314 e. The predicted molar refractivity (Wildman–Crippen MR) is 77.5 cm³/mol. The van der Waals surface area contributed by atoms with Crippen LogP contribution in [0.15, 0.2) is 0 Å². The van der Waals surface area contributed by atoms with Gasteiger partial charge in [-0.3, -0.25) is 0 Å². The minimum atomic E-state index is 0.846. The molecule has 1 nitrogen and oxygen atoms in total. The second-order valence-electron chi connectivity index (χ2n) is 7.38. The first-order valence-electron chi connectivity index (χ1n) is 8.49. The molecular formula is C17H31N. The molecule has 3 rings (SSSR count). The highest BCUT2D eigenvalue weighted by atomic mass is 14.9. The van der Waals surface area contributed by atoms with Crippen LogP contribution in [0, 0.1) is 35.5 Å². The molecule has 0 aromatic carbocycles. The maximum atomic E-state index is 3.89. The van der Waals surface area contributed by atoms with Crippen LogP contribution in [0.5, 0.6) is 0 Å². The van der Waals surface area contributed by atoms with Crippen LogP contribution in [0.1, 0.15) is 59.3 Å². The Morgan fingerprint density at radius 3 is 2.33 bits per heavy atom. The first-order chi connectivity index (χ1) is 8.76. The summed E-state index contributed by atoms with van der Waals surface area (Å²) in [5, 5.41) is 3.89. The second kappa shape index (κ2) is 5.15. The molecule has 0 spiro atoms. The van der Waals surface area contributed by atoms with Crippen LogP contribution in [0.3, 0.4) is 0 Å². The van der Waals surface area contributed by atoms with Gasteiger partial charge in [0.1, 0.15) is 0 Å². The van der Waals surface area contributed by atoms with E-state index in [0.29, 0.717) is 0 Å². The summed E-state index contributed by atoms with van der Waals surface area (Å²) in [4.78, 5) is 0. The van der Waals surface area contributed by atoms with Gasteiger partial charge in [0, 0.05) is 6.04 Å². The van der Waals surface area contributed by atoms with Crippen LogP contribution in [-0.2, 0) is 0 Å². The van der Waals surface area contributed by atoms with E-state index in [-0.39, 0.29) is 0 Å². The molecule has 6 atom stereocenters. The van der Waals surface area contributed by atoms with Crippen LogP contribution in [-0.4, -0.2) is 12.6 Å². The van der Waals surface area contributed by atoms with Crippen molar-refractivity contribution in [2.45, 2.75) is 65.3 Å². The Bertz CT molecular complexity index is 271. The molecule has 1 N–H and O–H groups in total. The lowest BCUT2D eigenvalue weighted by Gasteiger charge is -2.24. The molecule has 3 aliphatic rings. The molecule has 1 heteroatoms. The summed E-state index contributed by atoms with van der Waals surface area (Å²) in [5.74, 6) is 6.51. The highest BCUT2D eigenvalue weighted by Gasteiger charge is 2.66. The molecule has 3 aliphatic carbocycles. The Hall–Kier alpha value is -0.0400. The van der Waals surface area contributed by atoms with E-state index in [1.807, 2.05) is 0 Å². The molecule has 0 saturated heterocycles. The van der Waals surface area contributed by atoms with Crippen LogP contribution in [0.25, 0.3) is 0 Å². The van der Waals surface area contributed by atoms with Crippen LogP contribution < -0.4 is 5.32 Å². The third kappa shape index (κ3) is 2.13. The summed E-state index contributed by atoms with van der Waals surface area (Å²) >= 11 is 0. The van der Waals surface area contributed by atoms with Gasteiger partial charge in [-0.25, -0.2) is 0 Å². The Morgan fingerprint density at radius 1 is 1.11 bits per heavy atom. The van der Waals surface area contributed by atoms with Gasteiger partial charge in [0.15, 0.2) is 0 Å². The lowest BCUT2D eigenvalue weighted by molar-refractivity contribution is 0.311. The molecule has 0 radical (unpaired) electrons. The summed E-state index contributed by atoms with van der Waals surface area (Å²) in [5.41, 5.74) is 0. The fraction of sp³-hybridized carbons (Fsp3) is 1.00. The zero-order valence-electron chi connectivity index (χ0n) is 12.5. The van der Waals surface area contributed by atoms with Crippen LogP contribution >= 0.6 is 0 Å². The molecule has 3 fully saturated rings. The molecule has 0 amide bonds. The van der Waals surface area contributed by atoms with Crippen molar-refractivity contribution in [2.24, 2.45) is 35.5 Å². The van der Waals surface area contributed by atoms with Gasteiger partial charge in [-0.2, -0.15) is 0 Å². The van der Waals surface area contributed by atoms with E-state index in [0.717, 1.165) is 41.5 Å². The normalized spacial score (nSPS) is 43.8. The van der Waals surface area contributed by atoms with Crippen molar-refractivity contribution >= 4 is 0 Å². The van der Waals surface area contributed by atoms with Crippen molar-refractivity contribution in [2.75, 3.05) is 6.54 Å². The average molecular weight is 249 g/mol. The van der Waals surface area contributed by atoms with Crippen molar-refractivity contribution in [1.29, 1.82) is 0 Å². The van der Waals surface area contributed by atoms with Gasteiger partial charge < -0.3 is 5.32 Å². The quantitative estimate of drug-likeness (QED) is 0.717. The molecule has 0 aromatic heterocycles.